The van der Waals surface area contributed by atoms with Crippen LogP contribution in [0.5, 0.6) is 0 Å². The molecule has 0 heterocycles. The highest BCUT2D eigenvalue weighted by atomic mass is 79.9. The van der Waals surface area contributed by atoms with E-state index in [0.29, 0.717) is 0 Å². The summed E-state index contributed by atoms with van der Waals surface area (Å²) in [4.78, 5) is 0. The van der Waals surface area contributed by atoms with Crippen molar-refractivity contribution >= 4 is 159 Å². The van der Waals surface area contributed by atoms with Crippen molar-refractivity contribution in [1.29, 1.82) is 0 Å². The topological polar surface area (TPSA) is 0 Å². The lowest BCUT2D eigenvalue weighted by Crippen LogP contribution is -2.23. The van der Waals surface area contributed by atoms with Crippen LogP contribution in [0.2, 0.25) is 0 Å². The van der Waals surface area contributed by atoms with Gasteiger partial charge in [-0.25, -0.2) is 0 Å². The van der Waals surface area contributed by atoms with Crippen LogP contribution >= 0.6 is 159 Å². The van der Waals surface area contributed by atoms with Crippen LogP contribution in [0.25, 0.3) is 0 Å². The Labute approximate surface area is 230 Å². The van der Waals surface area contributed by atoms with Gasteiger partial charge >= 0.3 is 0 Å². The SMILES string of the molecule is CC(C)(c1c(Br)c(Br)c(Br)c(Br)c1Br)c1c(Br)c(Br)c(Br)c(Br)c1Br. The van der Waals surface area contributed by atoms with Crippen LogP contribution in [0.3, 0.4) is 0 Å². The van der Waals surface area contributed by atoms with Gasteiger partial charge in [-0.15, -0.1) is 0 Å². The Morgan fingerprint density at radius 3 is 0.720 bits per heavy atom. The number of halogens is 10. The smallest absolute Gasteiger partial charge is 0.0482 e. The van der Waals surface area contributed by atoms with Crippen LogP contribution in [-0.4, -0.2) is 0 Å². The number of rotatable bonds is 2. The molecule has 0 aromatic heterocycles. The molecule has 0 atom stereocenters. The summed E-state index contributed by atoms with van der Waals surface area (Å²) >= 11 is 36.9. The third kappa shape index (κ3) is 4.34. The van der Waals surface area contributed by atoms with Gasteiger partial charge in [0.25, 0.3) is 0 Å². The van der Waals surface area contributed by atoms with Crippen LogP contribution in [-0.2, 0) is 5.41 Å². The van der Waals surface area contributed by atoms with Gasteiger partial charge in [0.1, 0.15) is 0 Å². The van der Waals surface area contributed by atoms with E-state index in [-0.39, 0.29) is 5.41 Å². The van der Waals surface area contributed by atoms with E-state index >= 15 is 0 Å². The van der Waals surface area contributed by atoms with E-state index in [1.165, 1.54) is 0 Å². The summed E-state index contributed by atoms with van der Waals surface area (Å²) in [6.07, 6.45) is 0. The van der Waals surface area contributed by atoms with Crippen molar-refractivity contribution in [2.45, 2.75) is 19.3 Å². The molecule has 10 heteroatoms. The van der Waals surface area contributed by atoms with Gasteiger partial charge in [-0.05, 0) is 170 Å². The monoisotopic (exact) mass is 975 g/mol. The molecule has 0 spiro atoms. The minimum absolute atomic E-state index is 0.354. The minimum Gasteiger partial charge on any atom is -0.0515 e. The number of benzene rings is 2. The van der Waals surface area contributed by atoms with Gasteiger partial charge in [0.05, 0.1) is 0 Å². The zero-order valence-corrected chi connectivity index (χ0v) is 28.1. The summed E-state index contributed by atoms with van der Waals surface area (Å²) in [6.45, 7) is 4.37. The predicted octanol–water partition coefficient (Wildman–Crippen LogP) is 11.6. The zero-order chi connectivity index (χ0) is 19.4. The molecule has 0 aliphatic carbocycles. The second-order valence-electron chi connectivity index (χ2n) is 5.51. The van der Waals surface area contributed by atoms with E-state index < -0.39 is 0 Å². The van der Waals surface area contributed by atoms with Gasteiger partial charge in [-0.3, -0.25) is 0 Å². The second-order valence-corrected chi connectivity index (χ2v) is 13.4. The highest BCUT2D eigenvalue weighted by Gasteiger charge is 2.36. The molecular weight excluding hydrogens is 979 g/mol. The van der Waals surface area contributed by atoms with Gasteiger partial charge < -0.3 is 0 Å². The fourth-order valence-corrected chi connectivity index (χ4v) is 10.5. The summed E-state index contributed by atoms with van der Waals surface area (Å²) in [6, 6.07) is 0. The first kappa shape index (κ1) is 24.5. The molecule has 2 aromatic carbocycles. The second kappa shape index (κ2) is 9.16. The summed E-state index contributed by atoms with van der Waals surface area (Å²) in [5.74, 6) is 0. The maximum Gasteiger partial charge on any atom is 0.0482 e. The maximum absolute atomic E-state index is 3.76. The fraction of sp³-hybridized carbons (Fsp3) is 0.200. The van der Waals surface area contributed by atoms with E-state index in [2.05, 4.69) is 173 Å². The van der Waals surface area contributed by atoms with Crippen molar-refractivity contribution in [2.24, 2.45) is 0 Å². The zero-order valence-electron chi connectivity index (χ0n) is 12.3. The molecule has 0 aliphatic heterocycles. The number of hydrogen-bond acceptors (Lipinski definition) is 0. The summed E-state index contributed by atoms with van der Waals surface area (Å²) in [5, 5.41) is 0. The highest BCUT2D eigenvalue weighted by molar-refractivity contribution is 9.16. The third-order valence-electron chi connectivity index (χ3n) is 3.67. The molecule has 0 saturated carbocycles. The predicted molar refractivity (Wildman–Crippen MR) is 142 cm³/mol. The van der Waals surface area contributed by atoms with Crippen molar-refractivity contribution in [3.8, 4) is 0 Å². The molecule has 0 N–H and O–H groups in total. The Hall–Kier alpha value is 3.24. The molecule has 2 rings (SSSR count). The molecule has 0 saturated heterocycles. The van der Waals surface area contributed by atoms with Gasteiger partial charge in [-0.2, -0.15) is 0 Å². The lowest BCUT2D eigenvalue weighted by atomic mass is 9.78. The molecular formula is C15H6Br10. The van der Waals surface area contributed by atoms with Crippen LogP contribution in [0.4, 0.5) is 0 Å². The van der Waals surface area contributed by atoms with Crippen molar-refractivity contribution < 1.29 is 0 Å². The Balaban J connectivity index is 2.96. The minimum atomic E-state index is -0.354. The van der Waals surface area contributed by atoms with Crippen molar-refractivity contribution in [3.63, 3.8) is 0 Å². The Morgan fingerprint density at radius 1 is 0.360 bits per heavy atom. The van der Waals surface area contributed by atoms with Crippen LogP contribution < -0.4 is 0 Å². The fourth-order valence-electron chi connectivity index (χ4n) is 2.43. The number of hydrogen-bond donors (Lipinski definition) is 0. The molecule has 0 bridgehead atoms. The Kier molecular flexibility index (Phi) is 8.98. The maximum atomic E-state index is 3.76. The van der Waals surface area contributed by atoms with Crippen molar-refractivity contribution in [2.75, 3.05) is 0 Å². The van der Waals surface area contributed by atoms with Gasteiger partial charge in [-0.1, -0.05) is 13.8 Å². The first-order valence-corrected chi connectivity index (χ1v) is 14.3. The molecule has 0 fully saturated rings. The van der Waals surface area contributed by atoms with E-state index in [9.17, 15) is 0 Å². The molecule has 0 radical (unpaired) electrons. The largest absolute Gasteiger partial charge is 0.0515 e. The Bertz CT molecular complexity index is 755. The summed E-state index contributed by atoms with van der Waals surface area (Å²) in [7, 11) is 0. The van der Waals surface area contributed by atoms with Gasteiger partial charge in [0.15, 0.2) is 0 Å². The Morgan fingerprint density at radius 2 is 0.520 bits per heavy atom. The van der Waals surface area contributed by atoms with Crippen molar-refractivity contribution in [3.05, 3.63) is 55.9 Å². The van der Waals surface area contributed by atoms with E-state index in [4.69, 9.17) is 0 Å². The standard InChI is InChI=1S/C15H6Br10/c1-15(2,3-5(16)9(20)13(24)10(21)6(3)17)4-7(18)11(22)14(25)12(23)8(4)19/h1-2H3. The highest BCUT2D eigenvalue weighted by Crippen LogP contribution is 2.55. The van der Waals surface area contributed by atoms with E-state index in [0.717, 1.165) is 55.9 Å². The molecule has 0 amide bonds. The van der Waals surface area contributed by atoms with Crippen LogP contribution in [0.1, 0.15) is 25.0 Å². The van der Waals surface area contributed by atoms with Gasteiger partial charge in [0, 0.05) is 50.1 Å². The first-order valence-electron chi connectivity index (χ1n) is 6.39. The molecule has 0 nitrogen and oxygen atoms in total. The van der Waals surface area contributed by atoms with Crippen molar-refractivity contribution in [1.82, 2.24) is 0 Å². The molecule has 136 valence electrons. The first-order chi connectivity index (χ1) is 11.4. The van der Waals surface area contributed by atoms with Gasteiger partial charge in [0.2, 0.25) is 0 Å². The van der Waals surface area contributed by atoms with Crippen LogP contribution in [0.15, 0.2) is 44.7 Å². The van der Waals surface area contributed by atoms with E-state index in [1.54, 1.807) is 0 Å². The average molecular weight is 985 g/mol. The molecule has 0 unspecified atom stereocenters. The molecule has 2 aromatic rings. The molecule has 0 aliphatic rings. The van der Waals surface area contributed by atoms with Crippen LogP contribution in [0, 0.1) is 0 Å². The van der Waals surface area contributed by atoms with E-state index in [1.807, 2.05) is 0 Å². The average Bonchev–Trinajstić information content (AvgIpc) is 2.54. The quantitative estimate of drug-likeness (QED) is 0.208. The summed E-state index contributed by atoms with van der Waals surface area (Å²) < 4.78 is 9.62. The lowest BCUT2D eigenvalue weighted by molar-refractivity contribution is 0.624. The lowest BCUT2D eigenvalue weighted by Gasteiger charge is -2.33. The summed E-state index contributed by atoms with van der Waals surface area (Å²) in [5.41, 5.74) is 1.86. The molecule has 25 heavy (non-hydrogen) atoms. The normalized spacial score (nSPS) is 12.0. The third-order valence-corrected chi connectivity index (χ3v) is 15.9.